The summed E-state index contributed by atoms with van der Waals surface area (Å²) >= 11 is 0. The zero-order valence-electron chi connectivity index (χ0n) is 15.8. The maximum Gasteiger partial charge on any atom is 0.0690 e. The van der Waals surface area contributed by atoms with Crippen molar-refractivity contribution in [1.82, 2.24) is 0 Å². The summed E-state index contributed by atoms with van der Waals surface area (Å²) in [5.74, 6) is 0.754. The van der Waals surface area contributed by atoms with Gasteiger partial charge in [-0.2, -0.15) is 0 Å². The van der Waals surface area contributed by atoms with E-state index in [0.29, 0.717) is 0 Å². The van der Waals surface area contributed by atoms with E-state index in [1.54, 1.807) is 0 Å². The van der Waals surface area contributed by atoms with E-state index in [4.69, 9.17) is 4.99 Å². The van der Waals surface area contributed by atoms with Crippen LogP contribution in [-0.4, -0.2) is 5.71 Å². The zero-order valence-corrected chi connectivity index (χ0v) is 15.8. The fourth-order valence-electron chi connectivity index (χ4n) is 2.54. The minimum absolute atomic E-state index is 0.754. The Hall–Kier alpha value is -1.63. The Labute approximate surface area is 143 Å². The Morgan fingerprint density at radius 3 is 2.30 bits per heavy atom. The van der Waals surface area contributed by atoms with E-state index in [-0.39, 0.29) is 0 Å². The average Bonchev–Trinajstić information content (AvgIpc) is 2.56. The van der Waals surface area contributed by atoms with Gasteiger partial charge >= 0.3 is 0 Å². The van der Waals surface area contributed by atoms with Gasteiger partial charge in [-0.15, -0.1) is 0 Å². The molecule has 0 aromatic heterocycles. The molecule has 0 aliphatic heterocycles. The van der Waals surface area contributed by atoms with Gasteiger partial charge in [-0.3, -0.25) is 4.99 Å². The maximum absolute atomic E-state index is 4.99. The largest absolute Gasteiger partial charge is 0.257 e. The molecule has 0 heterocycles. The van der Waals surface area contributed by atoms with Gasteiger partial charge in [0, 0.05) is 17.7 Å². The van der Waals surface area contributed by atoms with Crippen LogP contribution in [0.1, 0.15) is 72.8 Å². The van der Waals surface area contributed by atoms with E-state index in [1.807, 2.05) is 0 Å². The van der Waals surface area contributed by atoms with Crippen molar-refractivity contribution in [2.45, 2.75) is 67.2 Å². The van der Waals surface area contributed by atoms with Crippen LogP contribution in [0.5, 0.6) is 0 Å². The summed E-state index contributed by atoms with van der Waals surface area (Å²) in [5.41, 5.74) is 6.41. The second-order valence-electron chi connectivity index (χ2n) is 6.75. The minimum Gasteiger partial charge on any atom is -0.257 e. The first-order chi connectivity index (χ1) is 11.0. The van der Waals surface area contributed by atoms with Crippen molar-refractivity contribution in [3.8, 4) is 0 Å². The number of aliphatic imine (C=N–C) groups is 1. The molecule has 0 radical (unpaired) electrons. The maximum atomic E-state index is 4.99. The third-order valence-corrected chi connectivity index (χ3v) is 4.22. The van der Waals surface area contributed by atoms with Gasteiger partial charge in [0.1, 0.15) is 0 Å². The molecular formula is C22H33N. The zero-order chi connectivity index (χ0) is 17.2. The SMILES string of the molecule is C/C=C(\CCC(C)C)C/C(C)=N/C(=C(/C)CC)c1ccccc1. The predicted octanol–water partition coefficient (Wildman–Crippen LogP) is 7.06. The van der Waals surface area contributed by atoms with Gasteiger partial charge in [0.15, 0.2) is 0 Å². The quantitative estimate of drug-likeness (QED) is 0.360. The lowest BCUT2D eigenvalue weighted by Gasteiger charge is -2.12. The molecule has 0 saturated heterocycles. The summed E-state index contributed by atoms with van der Waals surface area (Å²) in [5, 5.41) is 0. The van der Waals surface area contributed by atoms with Crippen LogP contribution in [-0.2, 0) is 0 Å². The van der Waals surface area contributed by atoms with Gasteiger partial charge in [0.25, 0.3) is 0 Å². The third-order valence-electron chi connectivity index (χ3n) is 4.22. The van der Waals surface area contributed by atoms with Crippen LogP contribution >= 0.6 is 0 Å². The summed E-state index contributed by atoms with van der Waals surface area (Å²) in [6.45, 7) is 13.3. The highest BCUT2D eigenvalue weighted by molar-refractivity contribution is 5.90. The molecule has 0 aliphatic rings. The highest BCUT2D eigenvalue weighted by atomic mass is 14.8. The van der Waals surface area contributed by atoms with Crippen LogP contribution in [0.15, 0.2) is 52.5 Å². The standard InChI is InChI=1S/C22H33N/c1-7-18(5)22(21-12-10-9-11-13-21)23-19(6)16-20(8-2)15-14-17(3)4/h8-13,17H,7,14-16H2,1-6H3/b20-8+,22-18-,23-19+. The minimum atomic E-state index is 0.754. The Morgan fingerprint density at radius 2 is 1.78 bits per heavy atom. The number of benzene rings is 1. The van der Waals surface area contributed by atoms with Crippen LogP contribution in [0.25, 0.3) is 5.70 Å². The summed E-state index contributed by atoms with van der Waals surface area (Å²) in [6.07, 6.45) is 6.71. The van der Waals surface area contributed by atoms with Gasteiger partial charge in [-0.1, -0.05) is 62.8 Å². The van der Waals surface area contributed by atoms with Crippen molar-refractivity contribution in [3.05, 3.63) is 53.1 Å². The van der Waals surface area contributed by atoms with Gasteiger partial charge in [0.05, 0.1) is 5.70 Å². The highest BCUT2D eigenvalue weighted by Crippen LogP contribution is 2.24. The molecule has 0 atom stereocenters. The van der Waals surface area contributed by atoms with Crippen molar-refractivity contribution >= 4 is 11.4 Å². The molecule has 126 valence electrons. The molecule has 0 unspecified atom stereocenters. The molecule has 0 aliphatic carbocycles. The van der Waals surface area contributed by atoms with E-state index in [0.717, 1.165) is 24.5 Å². The van der Waals surface area contributed by atoms with Crippen molar-refractivity contribution in [2.75, 3.05) is 0 Å². The van der Waals surface area contributed by atoms with E-state index < -0.39 is 0 Å². The first-order valence-corrected chi connectivity index (χ1v) is 8.91. The lowest BCUT2D eigenvalue weighted by Crippen LogP contribution is -1.99. The fourth-order valence-corrected chi connectivity index (χ4v) is 2.54. The topological polar surface area (TPSA) is 12.4 Å². The third kappa shape index (κ3) is 6.99. The second-order valence-corrected chi connectivity index (χ2v) is 6.75. The van der Waals surface area contributed by atoms with E-state index >= 15 is 0 Å². The van der Waals surface area contributed by atoms with Crippen LogP contribution in [0, 0.1) is 5.92 Å². The fraction of sp³-hybridized carbons (Fsp3) is 0.500. The first-order valence-electron chi connectivity index (χ1n) is 8.91. The molecular weight excluding hydrogens is 278 g/mol. The molecule has 1 aromatic rings. The normalized spacial score (nSPS) is 14.2. The second kappa shape index (κ2) is 10.2. The lowest BCUT2D eigenvalue weighted by atomic mass is 9.98. The van der Waals surface area contributed by atoms with Crippen LogP contribution < -0.4 is 0 Å². The number of rotatable bonds is 8. The van der Waals surface area contributed by atoms with Crippen LogP contribution in [0.2, 0.25) is 0 Å². The molecule has 0 amide bonds. The van der Waals surface area contributed by atoms with Crippen molar-refractivity contribution in [2.24, 2.45) is 10.9 Å². The number of allylic oxidation sites excluding steroid dienone is 3. The number of hydrogen-bond donors (Lipinski definition) is 0. The molecule has 1 nitrogen and oxygen atoms in total. The highest BCUT2D eigenvalue weighted by Gasteiger charge is 2.06. The first kappa shape index (κ1) is 19.4. The number of nitrogens with zero attached hydrogens (tertiary/aromatic N) is 1. The Balaban J connectivity index is 2.95. The molecule has 1 heteroatoms. The monoisotopic (exact) mass is 311 g/mol. The molecule has 1 aromatic carbocycles. The van der Waals surface area contributed by atoms with Crippen molar-refractivity contribution in [3.63, 3.8) is 0 Å². The molecule has 0 saturated carbocycles. The summed E-state index contributed by atoms with van der Waals surface area (Å²) < 4.78 is 0. The molecule has 0 N–H and O–H groups in total. The molecule has 0 bridgehead atoms. The molecule has 0 spiro atoms. The van der Waals surface area contributed by atoms with Gasteiger partial charge in [-0.05, 0) is 51.5 Å². The summed E-state index contributed by atoms with van der Waals surface area (Å²) in [7, 11) is 0. The Morgan fingerprint density at radius 1 is 1.13 bits per heavy atom. The van der Waals surface area contributed by atoms with Gasteiger partial charge in [0.2, 0.25) is 0 Å². The van der Waals surface area contributed by atoms with E-state index in [1.165, 1.54) is 35.3 Å². The summed E-state index contributed by atoms with van der Waals surface area (Å²) in [6, 6.07) is 10.5. The van der Waals surface area contributed by atoms with Crippen LogP contribution in [0.3, 0.4) is 0 Å². The van der Waals surface area contributed by atoms with Gasteiger partial charge < -0.3 is 0 Å². The van der Waals surface area contributed by atoms with Crippen LogP contribution in [0.4, 0.5) is 0 Å². The molecule has 1 rings (SSSR count). The molecule has 0 fully saturated rings. The van der Waals surface area contributed by atoms with E-state index in [9.17, 15) is 0 Å². The number of hydrogen-bond acceptors (Lipinski definition) is 1. The average molecular weight is 312 g/mol. The van der Waals surface area contributed by atoms with Gasteiger partial charge in [-0.25, -0.2) is 0 Å². The molecule has 23 heavy (non-hydrogen) atoms. The smallest absolute Gasteiger partial charge is 0.0690 e. The van der Waals surface area contributed by atoms with E-state index in [2.05, 4.69) is 78.0 Å². The van der Waals surface area contributed by atoms with Crippen molar-refractivity contribution < 1.29 is 0 Å². The Bertz CT molecular complexity index is 559. The Kier molecular flexibility index (Phi) is 8.61. The predicted molar refractivity (Wildman–Crippen MR) is 105 cm³/mol. The van der Waals surface area contributed by atoms with Crippen molar-refractivity contribution in [1.29, 1.82) is 0 Å². The summed E-state index contributed by atoms with van der Waals surface area (Å²) in [4.78, 5) is 4.99. The lowest BCUT2D eigenvalue weighted by molar-refractivity contribution is 0.582.